The average Bonchev–Trinajstić information content (AvgIpc) is 2.11. The Morgan fingerprint density at radius 3 is 2.30 bits per heavy atom. The first-order valence-corrected chi connectivity index (χ1v) is 5.14. The number of aryl methyl sites for hydroxylation is 1. The zero-order valence-corrected chi connectivity index (χ0v) is 6.92. The summed E-state index contributed by atoms with van der Waals surface area (Å²) in [5.41, 5.74) is 0.146. The Morgan fingerprint density at radius 1 is 1.50 bits per heavy atom. The van der Waals surface area contributed by atoms with E-state index in [-0.39, 0.29) is 13.7 Å². The fraction of sp³-hybridized carbons (Fsp3) is 0.500. The predicted octanol–water partition coefficient (Wildman–Crippen LogP) is 3.02. The maximum absolute atomic E-state index is 11.9. The molecule has 0 fully saturated rings. The minimum atomic E-state index is -4.17. The van der Waals surface area contributed by atoms with Crippen molar-refractivity contribution in [1.29, 1.82) is 0 Å². The number of halogens is 3. The predicted molar refractivity (Wildman–Crippen MR) is 36.0 cm³/mol. The molecule has 0 spiro atoms. The third-order valence-electron chi connectivity index (χ3n) is 0.991. The fourth-order valence-electron chi connectivity index (χ4n) is 0.552. The van der Waals surface area contributed by atoms with E-state index < -0.39 is 11.5 Å². The van der Waals surface area contributed by atoms with E-state index in [1.807, 2.05) is 0 Å². The molecule has 1 rings (SSSR count). The van der Waals surface area contributed by atoms with Gasteiger partial charge in [-0.1, -0.05) is 0 Å². The summed E-state index contributed by atoms with van der Waals surface area (Å²) >= 11 is 0. The molecule has 0 aromatic carbocycles. The second-order valence-corrected chi connectivity index (χ2v) is 4.12. The van der Waals surface area contributed by atoms with E-state index in [1.54, 1.807) is 0 Å². The molecule has 1 unspecified atom stereocenters. The zero-order valence-electron chi connectivity index (χ0n) is 5.03. The van der Waals surface area contributed by atoms with Gasteiger partial charge in [-0.15, -0.1) is 0 Å². The van der Waals surface area contributed by atoms with Gasteiger partial charge in [0.05, 0.1) is 5.69 Å². The Labute approximate surface area is 58.8 Å². The molecular formula is C4H4F3NP2. The normalized spacial score (nSPS) is 13.6. The Kier molecular flexibility index (Phi) is 2.02. The van der Waals surface area contributed by atoms with E-state index in [9.17, 15) is 13.2 Å². The lowest BCUT2D eigenvalue weighted by molar-refractivity contribution is -0.134. The highest BCUT2D eigenvalue weighted by Gasteiger charge is 2.33. The molecule has 0 saturated carbocycles. The number of nitrogens with zero attached hydrogens (tertiary/aromatic N) is 1. The summed E-state index contributed by atoms with van der Waals surface area (Å²) in [6, 6.07) is 0. The van der Waals surface area contributed by atoms with Crippen molar-refractivity contribution in [2.45, 2.75) is 13.1 Å². The third kappa shape index (κ3) is 1.50. The topological polar surface area (TPSA) is 12.9 Å². The molecule has 0 aliphatic rings. The summed E-state index contributed by atoms with van der Waals surface area (Å²) < 4.78 is 39.3. The van der Waals surface area contributed by atoms with Crippen LogP contribution in [-0.4, -0.2) is 4.75 Å². The highest BCUT2D eigenvalue weighted by Crippen LogP contribution is 2.40. The maximum atomic E-state index is 11.9. The van der Waals surface area contributed by atoms with Gasteiger partial charge in [0.15, 0.2) is 0 Å². The van der Waals surface area contributed by atoms with Gasteiger partial charge >= 0.3 is 6.18 Å². The lowest BCUT2D eigenvalue weighted by Crippen LogP contribution is -2.03. The van der Waals surface area contributed by atoms with Gasteiger partial charge in [-0.2, -0.15) is 13.2 Å². The van der Waals surface area contributed by atoms with Crippen LogP contribution in [0.4, 0.5) is 13.2 Å². The van der Waals surface area contributed by atoms with Crippen LogP contribution in [0.25, 0.3) is 0 Å². The van der Waals surface area contributed by atoms with Gasteiger partial charge in [-0.05, 0) is 22.8 Å². The monoisotopic (exact) mass is 185 g/mol. The Hall–Kier alpha value is -0.0700. The number of alkyl halides is 3. The molecule has 0 amide bonds. The molecule has 1 aromatic rings. The number of rotatable bonds is 0. The van der Waals surface area contributed by atoms with E-state index in [4.69, 9.17) is 0 Å². The minimum Gasteiger partial charge on any atom is -0.240 e. The molecule has 6 heteroatoms. The standard InChI is InChI=1S/C4H4F3NP2/c1-2-3(4(5,6)7)9-10-8-2/h10H,1H3. The van der Waals surface area contributed by atoms with Crippen LogP contribution in [0.2, 0.25) is 0 Å². The summed E-state index contributed by atoms with van der Waals surface area (Å²) in [4.78, 5) is 0. The van der Waals surface area contributed by atoms with Crippen molar-refractivity contribution < 1.29 is 13.2 Å². The smallest absolute Gasteiger partial charge is 0.240 e. The highest BCUT2D eigenvalue weighted by molar-refractivity contribution is 7.89. The zero-order chi connectivity index (χ0) is 7.78. The number of hydrogen-bond acceptors (Lipinski definition) is 1. The van der Waals surface area contributed by atoms with Crippen molar-refractivity contribution >= 4 is 15.9 Å². The molecular weight excluding hydrogens is 181 g/mol. The minimum absolute atomic E-state index is 0.0460. The van der Waals surface area contributed by atoms with Gasteiger partial charge in [0, 0.05) is 0 Å². The molecule has 56 valence electrons. The second kappa shape index (κ2) is 2.52. The molecule has 10 heavy (non-hydrogen) atoms. The Balaban J connectivity index is 3.05. The van der Waals surface area contributed by atoms with Crippen molar-refractivity contribution in [3.8, 4) is 0 Å². The summed E-state index contributed by atoms with van der Waals surface area (Å²) in [6.45, 7) is 1.40. The van der Waals surface area contributed by atoms with Gasteiger partial charge in [-0.25, -0.2) is 4.75 Å². The first-order chi connectivity index (χ1) is 4.52. The lowest BCUT2D eigenvalue weighted by Gasteiger charge is -2.01. The summed E-state index contributed by atoms with van der Waals surface area (Å²) in [6.07, 6.45) is -4.17. The lowest BCUT2D eigenvalue weighted by atomic mass is 10.4. The number of aromatic nitrogens is 1. The molecule has 0 N–H and O–H groups in total. The molecule has 0 saturated heterocycles. The summed E-state index contributed by atoms with van der Waals surface area (Å²) in [5, 5.41) is -0.481. The van der Waals surface area contributed by atoms with Crippen LogP contribution in [0.1, 0.15) is 11.0 Å². The molecule has 1 heterocycles. The summed E-state index contributed by atoms with van der Waals surface area (Å²) in [5.74, 6) is 0. The largest absolute Gasteiger partial charge is 0.422 e. The van der Waals surface area contributed by atoms with E-state index >= 15 is 0 Å². The van der Waals surface area contributed by atoms with Crippen LogP contribution in [0, 0.1) is 6.92 Å². The molecule has 0 aliphatic heterocycles. The Morgan fingerprint density at radius 2 is 2.10 bits per heavy atom. The van der Waals surface area contributed by atoms with Crippen LogP contribution >= 0.6 is 15.9 Å². The van der Waals surface area contributed by atoms with Crippen LogP contribution in [0.5, 0.6) is 0 Å². The van der Waals surface area contributed by atoms with Crippen molar-refractivity contribution in [3.63, 3.8) is 0 Å². The quantitative estimate of drug-likeness (QED) is 0.605. The average molecular weight is 185 g/mol. The molecule has 0 aliphatic carbocycles. The van der Waals surface area contributed by atoms with Crippen molar-refractivity contribution in [1.82, 2.24) is 4.75 Å². The van der Waals surface area contributed by atoms with Gasteiger partial charge in [-0.3, -0.25) is 0 Å². The van der Waals surface area contributed by atoms with Crippen LogP contribution in [0.15, 0.2) is 0 Å². The van der Waals surface area contributed by atoms with Crippen LogP contribution in [0.3, 0.4) is 0 Å². The van der Waals surface area contributed by atoms with E-state index in [0.29, 0.717) is 7.87 Å². The summed E-state index contributed by atoms with van der Waals surface area (Å²) in [7, 11) is 0.356. The SMILES string of the molecule is Cc1n[pH]pc1C(F)(F)F. The Bertz CT molecular complexity index is 229. The van der Waals surface area contributed by atoms with Gasteiger partial charge in [0.25, 0.3) is 0 Å². The number of hydrogen-bond donors (Lipinski definition) is 0. The van der Waals surface area contributed by atoms with Gasteiger partial charge in [0.2, 0.25) is 0 Å². The van der Waals surface area contributed by atoms with Crippen molar-refractivity contribution in [3.05, 3.63) is 11.0 Å². The first kappa shape index (κ1) is 8.03. The van der Waals surface area contributed by atoms with Gasteiger partial charge in [0.1, 0.15) is 5.30 Å². The van der Waals surface area contributed by atoms with E-state index in [2.05, 4.69) is 4.75 Å². The molecule has 1 aromatic heterocycles. The second-order valence-electron chi connectivity index (χ2n) is 1.76. The molecule has 0 radical (unpaired) electrons. The van der Waals surface area contributed by atoms with E-state index in [1.165, 1.54) is 6.92 Å². The van der Waals surface area contributed by atoms with Crippen LogP contribution < -0.4 is 0 Å². The van der Waals surface area contributed by atoms with E-state index in [0.717, 1.165) is 0 Å². The van der Waals surface area contributed by atoms with Crippen LogP contribution in [-0.2, 0) is 6.18 Å². The molecule has 1 nitrogen and oxygen atoms in total. The fourth-order valence-corrected chi connectivity index (χ4v) is 3.16. The highest BCUT2D eigenvalue weighted by atomic mass is 31.8. The van der Waals surface area contributed by atoms with Crippen molar-refractivity contribution in [2.24, 2.45) is 0 Å². The van der Waals surface area contributed by atoms with Crippen molar-refractivity contribution in [2.75, 3.05) is 0 Å². The first-order valence-electron chi connectivity index (χ1n) is 2.46. The molecule has 1 atom stereocenters. The third-order valence-corrected chi connectivity index (χ3v) is 3.60. The molecule has 0 bridgehead atoms. The van der Waals surface area contributed by atoms with Gasteiger partial charge < -0.3 is 0 Å². The maximum Gasteiger partial charge on any atom is 0.422 e.